The molecule has 0 fully saturated rings. The molecule has 31 heavy (non-hydrogen) atoms. The van der Waals surface area contributed by atoms with Crippen molar-refractivity contribution in [1.82, 2.24) is 14.5 Å². The van der Waals surface area contributed by atoms with Gasteiger partial charge in [0.05, 0.1) is 0 Å². The number of hydrogen-bond donors (Lipinski definition) is 1. The van der Waals surface area contributed by atoms with E-state index in [0.29, 0.717) is 23.2 Å². The average Bonchev–Trinajstić information content (AvgIpc) is 3.19. The third kappa shape index (κ3) is 4.94. The largest absolute Gasteiger partial charge is 0.324 e. The van der Waals surface area contributed by atoms with E-state index in [2.05, 4.69) is 15.3 Å². The van der Waals surface area contributed by atoms with Crippen molar-refractivity contribution < 1.29 is 9.18 Å². The number of benzene rings is 2. The number of aryl methyl sites for hydroxylation is 1. The van der Waals surface area contributed by atoms with E-state index in [1.54, 1.807) is 12.1 Å². The number of aromatic nitrogens is 3. The normalized spacial score (nSPS) is 12.1. The Kier molecular flexibility index (Phi) is 6.32. The molecule has 2 aliphatic rings. The molecule has 0 bridgehead atoms. The molecule has 7 heteroatoms. The maximum absolute atomic E-state index is 13.1. The summed E-state index contributed by atoms with van der Waals surface area (Å²) in [5.74, 6) is 0.976. The summed E-state index contributed by atoms with van der Waals surface area (Å²) in [6, 6.07) is 17.5. The highest BCUT2D eigenvalue weighted by Crippen LogP contribution is 2.29. The van der Waals surface area contributed by atoms with E-state index in [1.807, 2.05) is 61.0 Å². The van der Waals surface area contributed by atoms with Gasteiger partial charge in [0.1, 0.15) is 17.6 Å². The van der Waals surface area contributed by atoms with Crippen LogP contribution in [0.4, 0.5) is 10.1 Å². The summed E-state index contributed by atoms with van der Waals surface area (Å²) < 4.78 is 15.0. The van der Waals surface area contributed by atoms with Crippen LogP contribution >= 0.6 is 11.8 Å². The van der Waals surface area contributed by atoms with E-state index < -0.39 is 6.04 Å². The lowest BCUT2D eigenvalue weighted by Crippen LogP contribution is -2.26. The number of rotatable bonds is 7. The lowest BCUT2D eigenvalue weighted by atomic mass is 10.1. The second-order valence-electron chi connectivity index (χ2n) is 7.32. The smallest absolute Gasteiger partial charge is 0.247 e. The Morgan fingerprint density at radius 2 is 1.84 bits per heavy atom. The molecule has 158 valence electrons. The zero-order valence-electron chi connectivity index (χ0n) is 17.4. The molecule has 0 radical (unpaired) electrons. The minimum atomic E-state index is -0.406. The standard InChI is InChI=1S/C24H23FN4OS/c1-3-21(23(30)26-19-12-6-16(2)7-13-19)29-14-4-5-20-22(29)28-24(27-20)31-15-17-8-10-18(25)11-9-17/h4-14,21H,3,15H2,1-2H3,(H,26,30). The van der Waals surface area contributed by atoms with E-state index in [1.165, 1.54) is 23.9 Å². The third-order valence-electron chi connectivity index (χ3n) is 5.02. The monoisotopic (exact) mass is 434 g/mol. The highest BCUT2D eigenvalue weighted by atomic mass is 32.2. The van der Waals surface area contributed by atoms with Crippen molar-refractivity contribution in [2.75, 3.05) is 5.32 Å². The Morgan fingerprint density at radius 1 is 1.10 bits per heavy atom. The van der Waals surface area contributed by atoms with E-state index >= 15 is 0 Å². The van der Waals surface area contributed by atoms with Gasteiger partial charge in [-0.1, -0.05) is 48.5 Å². The molecule has 2 aromatic rings. The van der Waals surface area contributed by atoms with Crippen LogP contribution in [0.5, 0.6) is 0 Å². The number of carbonyl (C=O) groups excluding carboxylic acids is 1. The van der Waals surface area contributed by atoms with Crippen LogP contribution in [0.2, 0.25) is 0 Å². The van der Waals surface area contributed by atoms with Crippen LogP contribution < -0.4 is 5.32 Å². The molecule has 2 heterocycles. The second kappa shape index (κ2) is 9.31. The SMILES string of the molecule is CCC(C(=O)Nc1ccc(C)cc1)n1cccc2nc(SCc3ccc(F)cc3)nc1-2. The van der Waals surface area contributed by atoms with Crippen LogP contribution in [-0.4, -0.2) is 20.4 Å². The van der Waals surface area contributed by atoms with Crippen molar-refractivity contribution >= 4 is 23.4 Å². The van der Waals surface area contributed by atoms with Gasteiger partial charge in [-0.25, -0.2) is 14.4 Å². The number of halogens is 1. The molecule has 0 aromatic heterocycles. The van der Waals surface area contributed by atoms with Crippen LogP contribution in [-0.2, 0) is 10.5 Å². The molecular formula is C24H23FN4OS. The summed E-state index contributed by atoms with van der Waals surface area (Å²) >= 11 is 1.49. The fourth-order valence-corrected chi connectivity index (χ4v) is 4.14. The summed E-state index contributed by atoms with van der Waals surface area (Å²) in [4.78, 5) is 22.3. The van der Waals surface area contributed by atoms with Gasteiger partial charge in [-0.05, 0) is 55.3 Å². The van der Waals surface area contributed by atoms with Crippen LogP contribution in [0, 0.1) is 12.7 Å². The zero-order valence-corrected chi connectivity index (χ0v) is 18.2. The molecule has 2 aliphatic heterocycles. The molecule has 1 unspecified atom stereocenters. The first-order valence-electron chi connectivity index (χ1n) is 10.1. The minimum absolute atomic E-state index is 0.0904. The summed E-state index contributed by atoms with van der Waals surface area (Å²) in [5, 5.41) is 3.63. The lowest BCUT2D eigenvalue weighted by molar-refractivity contribution is -0.119. The highest BCUT2D eigenvalue weighted by Gasteiger charge is 2.24. The number of nitrogens with one attached hydrogen (secondary N) is 1. The van der Waals surface area contributed by atoms with Crippen molar-refractivity contribution in [3.63, 3.8) is 0 Å². The second-order valence-corrected chi connectivity index (χ2v) is 8.27. The van der Waals surface area contributed by atoms with E-state index in [4.69, 9.17) is 0 Å². The van der Waals surface area contributed by atoms with Crippen LogP contribution in [0.15, 0.2) is 72.0 Å². The predicted molar refractivity (Wildman–Crippen MR) is 122 cm³/mol. The molecule has 0 spiro atoms. The number of anilines is 1. The van der Waals surface area contributed by atoms with Crippen molar-refractivity contribution in [1.29, 1.82) is 0 Å². The first-order chi connectivity index (χ1) is 15.0. The van der Waals surface area contributed by atoms with Gasteiger partial charge in [-0.15, -0.1) is 0 Å². The van der Waals surface area contributed by atoms with Crippen LogP contribution in [0.3, 0.4) is 0 Å². The van der Waals surface area contributed by atoms with Crippen molar-refractivity contribution in [2.45, 2.75) is 37.2 Å². The maximum Gasteiger partial charge on any atom is 0.247 e. The summed E-state index contributed by atoms with van der Waals surface area (Å²) in [6.45, 7) is 3.99. The Labute approximate surface area is 185 Å². The quantitative estimate of drug-likeness (QED) is 0.378. The zero-order chi connectivity index (χ0) is 21.8. The number of carbonyl (C=O) groups is 1. The Bertz CT molecular complexity index is 1140. The van der Waals surface area contributed by atoms with Crippen molar-refractivity contribution in [3.8, 4) is 11.5 Å². The van der Waals surface area contributed by atoms with E-state index in [0.717, 1.165) is 22.5 Å². The summed E-state index contributed by atoms with van der Waals surface area (Å²) in [5.41, 5.74) is 3.65. The fourth-order valence-electron chi connectivity index (χ4n) is 3.34. The number of pyridine rings is 1. The number of thioether (sulfide) groups is 1. The van der Waals surface area contributed by atoms with Gasteiger partial charge in [0.15, 0.2) is 11.0 Å². The molecule has 5 nitrogen and oxygen atoms in total. The number of imidazole rings is 1. The topological polar surface area (TPSA) is 59.8 Å². The molecule has 4 rings (SSSR count). The number of hydrogen-bond acceptors (Lipinski definition) is 4. The minimum Gasteiger partial charge on any atom is -0.324 e. The number of amides is 1. The van der Waals surface area contributed by atoms with Crippen LogP contribution in [0.1, 0.15) is 30.5 Å². The number of nitrogens with zero attached hydrogens (tertiary/aromatic N) is 3. The lowest BCUT2D eigenvalue weighted by Gasteiger charge is -2.20. The molecule has 0 saturated heterocycles. The van der Waals surface area contributed by atoms with Gasteiger partial charge in [0.2, 0.25) is 5.91 Å². The summed E-state index contributed by atoms with van der Waals surface area (Å²) in [7, 11) is 0. The third-order valence-corrected chi connectivity index (χ3v) is 5.94. The predicted octanol–water partition coefficient (Wildman–Crippen LogP) is 5.71. The Hall–Kier alpha value is -3.19. The van der Waals surface area contributed by atoms with Crippen LogP contribution in [0.25, 0.3) is 11.5 Å². The highest BCUT2D eigenvalue weighted by molar-refractivity contribution is 7.98. The fraction of sp³-hybridized carbons (Fsp3) is 0.208. The van der Waals surface area contributed by atoms with E-state index in [9.17, 15) is 9.18 Å². The van der Waals surface area contributed by atoms with Gasteiger partial charge in [-0.2, -0.15) is 0 Å². The molecule has 1 N–H and O–H groups in total. The molecule has 1 amide bonds. The van der Waals surface area contributed by atoms with Gasteiger partial charge >= 0.3 is 0 Å². The maximum atomic E-state index is 13.1. The van der Waals surface area contributed by atoms with Crippen molar-refractivity contribution in [3.05, 3.63) is 83.8 Å². The molecule has 0 aliphatic carbocycles. The van der Waals surface area contributed by atoms with Crippen molar-refractivity contribution in [2.24, 2.45) is 0 Å². The summed E-state index contributed by atoms with van der Waals surface area (Å²) in [6.07, 6.45) is 2.49. The molecular weight excluding hydrogens is 411 g/mol. The van der Waals surface area contributed by atoms with Gasteiger partial charge in [0, 0.05) is 17.6 Å². The van der Waals surface area contributed by atoms with Gasteiger partial charge in [0.25, 0.3) is 0 Å². The van der Waals surface area contributed by atoms with E-state index in [-0.39, 0.29) is 11.7 Å². The Morgan fingerprint density at radius 3 is 2.55 bits per heavy atom. The average molecular weight is 435 g/mol. The first kappa shape index (κ1) is 21.1. The number of fused-ring (bicyclic) bond motifs is 1. The molecule has 1 atom stereocenters. The molecule has 2 aromatic carbocycles. The Balaban J connectivity index is 1.54. The van der Waals surface area contributed by atoms with Gasteiger partial charge < -0.3 is 9.88 Å². The van der Waals surface area contributed by atoms with Gasteiger partial charge in [-0.3, -0.25) is 4.79 Å². The molecule has 0 saturated carbocycles. The first-order valence-corrected chi connectivity index (χ1v) is 11.1.